The van der Waals surface area contributed by atoms with Crippen LogP contribution >= 0.6 is 0 Å². The second-order valence-electron chi connectivity index (χ2n) is 5.72. The van der Waals surface area contributed by atoms with Gasteiger partial charge < -0.3 is 9.51 Å². The number of aromatic nitrogens is 3. The number of H-pyrrole nitrogens is 1. The van der Waals surface area contributed by atoms with Gasteiger partial charge in [0, 0.05) is 19.9 Å². The first-order valence-electron chi connectivity index (χ1n) is 7.69. The Morgan fingerprint density at radius 3 is 2.64 bits per heavy atom. The molecule has 25 heavy (non-hydrogen) atoms. The lowest BCUT2D eigenvalue weighted by atomic mass is 10.3. The summed E-state index contributed by atoms with van der Waals surface area (Å²) in [7, 11) is -2.75. The quantitative estimate of drug-likeness (QED) is 0.743. The molecule has 0 aliphatic carbocycles. The highest BCUT2D eigenvalue weighted by Gasteiger charge is 2.31. The maximum absolute atomic E-state index is 12.6. The molecule has 0 aliphatic heterocycles. The van der Waals surface area contributed by atoms with Crippen molar-refractivity contribution in [3.05, 3.63) is 41.5 Å². The van der Waals surface area contributed by atoms with Gasteiger partial charge in [0.1, 0.15) is 11.5 Å². The van der Waals surface area contributed by atoms with Gasteiger partial charge in [-0.25, -0.2) is 17.7 Å². The van der Waals surface area contributed by atoms with E-state index in [-0.39, 0.29) is 22.8 Å². The largest absolute Gasteiger partial charge is 0.360 e. The lowest BCUT2D eigenvalue weighted by Gasteiger charge is -2.16. The number of fused-ring (bicyclic) bond motifs is 1. The number of amides is 1. The van der Waals surface area contributed by atoms with E-state index in [4.69, 9.17) is 4.52 Å². The van der Waals surface area contributed by atoms with Crippen LogP contribution in [-0.2, 0) is 21.2 Å². The molecule has 0 radical (unpaired) electrons. The average molecular weight is 362 g/mol. The van der Waals surface area contributed by atoms with E-state index in [1.165, 1.54) is 20.9 Å². The van der Waals surface area contributed by atoms with Crippen molar-refractivity contribution in [1.82, 2.24) is 19.4 Å². The minimum atomic E-state index is -3.99. The molecule has 0 saturated heterocycles. The maximum Gasteiger partial charge on any atom is 0.271 e. The third-order valence-electron chi connectivity index (χ3n) is 3.95. The highest BCUT2D eigenvalue weighted by molar-refractivity contribution is 7.89. The van der Waals surface area contributed by atoms with Crippen LogP contribution in [0.25, 0.3) is 11.0 Å². The van der Waals surface area contributed by atoms with Gasteiger partial charge in [0.25, 0.3) is 10.0 Å². The Bertz CT molecular complexity index is 983. The van der Waals surface area contributed by atoms with Crippen molar-refractivity contribution in [2.45, 2.75) is 31.6 Å². The molecular formula is C16H18N4O4S. The molecular weight excluding hydrogens is 344 g/mol. The fourth-order valence-corrected chi connectivity index (χ4v) is 4.07. The summed E-state index contributed by atoms with van der Waals surface area (Å²) in [4.78, 5) is 19.8. The van der Waals surface area contributed by atoms with Gasteiger partial charge in [0.05, 0.1) is 11.0 Å². The molecule has 2 heterocycles. The first-order chi connectivity index (χ1) is 11.8. The number of imidazole rings is 1. The van der Waals surface area contributed by atoms with Crippen LogP contribution in [0, 0.1) is 13.8 Å². The van der Waals surface area contributed by atoms with Gasteiger partial charge in [-0.2, -0.15) is 0 Å². The minimum absolute atomic E-state index is 0.0128. The number of carbonyl (C=O) groups excluding carboxylic acids is 1. The average Bonchev–Trinajstić information content (AvgIpc) is 3.14. The van der Waals surface area contributed by atoms with E-state index in [9.17, 15) is 13.2 Å². The van der Waals surface area contributed by atoms with Gasteiger partial charge in [0.15, 0.2) is 10.7 Å². The Labute approximate surface area is 144 Å². The Hall–Kier alpha value is -2.68. The number of sulfonamides is 1. The first-order valence-corrected chi connectivity index (χ1v) is 9.13. The third-order valence-corrected chi connectivity index (χ3v) is 5.98. The molecule has 8 nitrogen and oxygen atoms in total. The number of para-hydroxylation sites is 2. The fourth-order valence-electron chi connectivity index (χ4n) is 2.62. The number of nitrogens with one attached hydrogen (secondary N) is 1. The molecule has 1 aromatic carbocycles. The molecule has 0 atom stereocenters. The van der Waals surface area contributed by atoms with Crippen LogP contribution in [0.15, 0.2) is 33.7 Å². The smallest absolute Gasteiger partial charge is 0.271 e. The highest BCUT2D eigenvalue weighted by Crippen LogP contribution is 2.23. The van der Waals surface area contributed by atoms with Gasteiger partial charge >= 0.3 is 0 Å². The van der Waals surface area contributed by atoms with E-state index in [1.807, 2.05) is 24.3 Å². The summed E-state index contributed by atoms with van der Waals surface area (Å²) in [6.07, 6.45) is 0.327. The van der Waals surface area contributed by atoms with E-state index in [0.29, 0.717) is 12.2 Å². The van der Waals surface area contributed by atoms with E-state index in [2.05, 4.69) is 15.1 Å². The van der Waals surface area contributed by atoms with Gasteiger partial charge in [-0.3, -0.25) is 4.79 Å². The molecule has 0 aliphatic rings. The number of aromatic amines is 1. The van der Waals surface area contributed by atoms with Crippen LogP contribution in [0.5, 0.6) is 0 Å². The lowest BCUT2D eigenvalue weighted by molar-refractivity contribution is -0.125. The number of nitrogens with zero attached hydrogens (tertiary/aromatic N) is 3. The van der Waals surface area contributed by atoms with Crippen molar-refractivity contribution in [3.8, 4) is 0 Å². The lowest BCUT2D eigenvalue weighted by Crippen LogP contribution is -2.34. The van der Waals surface area contributed by atoms with Gasteiger partial charge in [-0.05, 0) is 26.0 Å². The summed E-state index contributed by atoms with van der Waals surface area (Å²) in [5.41, 5.74) is 1.91. The molecule has 0 unspecified atom stereocenters. The number of aryl methyl sites for hydroxylation is 3. The Morgan fingerprint density at radius 2 is 2.00 bits per heavy atom. The number of hydrogen-bond acceptors (Lipinski definition) is 6. The summed E-state index contributed by atoms with van der Waals surface area (Å²) < 4.78 is 30.9. The summed E-state index contributed by atoms with van der Waals surface area (Å²) >= 11 is 0. The van der Waals surface area contributed by atoms with Crippen LogP contribution in [-0.4, -0.2) is 40.8 Å². The molecule has 0 bridgehead atoms. The van der Waals surface area contributed by atoms with Crippen molar-refractivity contribution in [2.75, 3.05) is 7.05 Å². The monoisotopic (exact) mass is 362 g/mol. The SMILES string of the molecule is Cc1noc(C)c1S(=O)(=O)N(C)C(=O)CCc1nc2ccccc2[nH]1. The third kappa shape index (κ3) is 3.14. The molecule has 0 saturated carbocycles. The summed E-state index contributed by atoms with van der Waals surface area (Å²) in [6.45, 7) is 3.02. The normalized spacial score (nSPS) is 11.8. The summed E-state index contributed by atoms with van der Waals surface area (Å²) in [5.74, 6) is 0.271. The van der Waals surface area contributed by atoms with E-state index < -0.39 is 15.9 Å². The van der Waals surface area contributed by atoms with Crippen molar-refractivity contribution in [1.29, 1.82) is 0 Å². The highest BCUT2D eigenvalue weighted by atomic mass is 32.2. The molecule has 3 rings (SSSR count). The molecule has 0 spiro atoms. The number of hydrogen-bond donors (Lipinski definition) is 1. The molecule has 1 N–H and O–H groups in total. The summed E-state index contributed by atoms with van der Waals surface area (Å²) in [6, 6.07) is 7.52. The number of benzene rings is 1. The van der Waals surface area contributed by atoms with E-state index >= 15 is 0 Å². The number of carbonyl (C=O) groups is 1. The second kappa shape index (κ2) is 6.32. The molecule has 2 aromatic heterocycles. The topological polar surface area (TPSA) is 109 Å². The maximum atomic E-state index is 12.6. The second-order valence-corrected chi connectivity index (χ2v) is 7.63. The van der Waals surface area contributed by atoms with Crippen LogP contribution in [0.3, 0.4) is 0 Å². The van der Waals surface area contributed by atoms with Crippen molar-refractivity contribution >= 4 is 27.0 Å². The first kappa shape index (κ1) is 17.2. The predicted octanol–water partition coefficient (Wildman–Crippen LogP) is 1.95. The van der Waals surface area contributed by atoms with Crippen LogP contribution in [0.4, 0.5) is 0 Å². The molecule has 0 fully saturated rings. The zero-order valence-electron chi connectivity index (χ0n) is 14.1. The van der Waals surface area contributed by atoms with Crippen LogP contribution in [0.2, 0.25) is 0 Å². The molecule has 3 aromatic rings. The number of rotatable bonds is 5. The Balaban J connectivity index is 1.74. The fraction of sp³-hybridized carbons (Fsp3) is 0.312. The zero-order valence-corrected chi connectivity index (χ0v) is 14.9. The zero-order chi connectivity index (χ0) is 18.2. The Morgan fingerprint density at radius 1 is 1.28 bits per heavy atom. The van der Waals surface area contributed by atoms with E-state index in [0.717, 1.165) is 15.3 Å². The van der Waals surface area contributed by atoms with Crippen molar-refractivity contribution in [2.24, 2.45) is 0 Å². The molecule has 132 valence electrons. The predicted molar refractivity (Wildman–Crippen MR) is 90.3 cm³/mol. The van der Waals surface area contributed by atoms with Crippen molar-refractivity contribution < 1.29 is 17.7 Å². The van der Waals surface area contributed by atoms with E-state index in [1.54, 1.807) is 0 Å². The minimum Gasteiger partial charge on any atom is -0.360 e. The molecule has 9 heteroatoms. The van der Waals surface area contributed by atoms with Gasteiger partial charge in [-0.15, -0.1) is 0 Å². The molecule has 1 amide bonds. The Kier molecular flexibility index (Phi) is 4.34. The van der Waals surface area contributed by atoms with Crippen LogP contribution in [0.1, 0.15) is 23.7 Å². The van der Waals surface area contributed by atoms with Gasteiger partial charge in [0.2, 0.25) is 5.91 Å². The standard InChI is InChI=1S/C16H18N4O4S/c1-10-16(11(2)24-19-10)25(22,23)20(3)15(21)9-8-14-17-12-6-4-5-7-13(12)18-14/h4-7H,8-9H2,1-3H3,(H,17,18). The van der Waals surface area contributed by atoms with Gasteiger partial charge in [-0.1, -0.05) is 17.3 Å². The van der Waals surface area contributed by atoms with Crippen LogP contribution < -0.4 is 0 Å². The van der Waals surface area contributed by atoms with Crippen molar-refractivity contribution in [3.63, 3.8) is 0 Å². The summed E-state index contributed by atoms with van der Waals surface area (Å²) in [5, 5.41) is 3.63.